The Labute approximate surface area is 141 Å². The van der Waals surface area contributed by atoms with Gasteiger partial charge in [-0.3, -0.25) is 4.79 Å². The first-order valence-corrected chi connectivity index (χ1v) is 7.73. The largest absolute Gasteiger partial charge is 0.506 e. The predicted octanol–water partition coefficient (Wildman–Crippen LogP) is 4.57. The van der Waals surface area contributed by atoms with E-state index in [2.05, 4.69) is 17.9 Å². The first kappa shape index (κ1) is 16.9. The van der Waals surface area contributed by atoms with Gasteiger partial charge in [-0.05, 0) is 42.4 Å². The maximum Gasteiger partial charge on any atom is 0.259 e. The molecule has 1 amide bonds. The molecule has 0 saturated carbocycles. The molecule has 0 bridgehead atoms. The molecule has 0 unspecified atom stereocenters. The molecule has 2 aromatic rings. The van der Waals surface area contributed by atoms with Crippen molar-refractivity contribution in [3.8, 4) is 5.75 Å². The lowest BCUT2D eigenvalue weighted by Crippen LogP contribution is -2.21. The molecule has 23 heavy (non-hydrogen) atoms. The van der Waals surface area contributed by atoms with Gasteiger partial charge in [0.15, 0.2) is 0 Å². The van der Waals surface area contributed by atoms with E-state index in [1.165, 1.54) is 0 Å². The van der Waals surface area contributed by atoms with Gasteiger partial charge in [-0.25, -0.2) is 0 Å². The molecule has 2 aromatic carbocycles. The number of carbonyl (C=O) groups is 1. The molecule has 0 atom stereocenters. The summed E-state index contributed by atoms with van der Waals surface area (Å²) in [4.78, 5) is 13.2. The van der Waals surface area contributed by atoms with Gasteiger partial charge in [0, 0.05) is 11.1 Å². The summed E-state index contributed by atoms with van der Waals surface area (Å²) in [7, 11) is 0. The Hall–Kier alpha value is -2.46. The molecule has 0 aliphatic carbocycles. The van der Waals surface area contributed by atoms with Crippen LogP contribution in [0.3, 0.4) is 0 Å². The van der Waals surface area contributed by atoms with Crippen LogP contribution in [0.5, 0.6) is 5.75 Å². The SMILES string of the molecule is C\C=C(S)/C=C\C(=C/C)NC(=O)c1ccc2ccccc2c1O. The Morgan fingerprint density at radius 1 is 1.09 bits per heavy atom. The van der Waals surface area contributed by atoms with Gasteiger partial charge in [-0.2, -0.15) is 0 Å². The van der Waals surface area contributed by atoms with Crippen LogP contribution >= 0.6 is 12.6 Å². The fourth-order valence-electron chi connectivity index (χ4n) is 2.12. The third-order valence-corrected chi connectivity index (χ3v) is 3.85. The predicted molar refractivity (Wildman–Crippen MR) is 98.7 cm³/mol. The number of aromatic hydroxyl groups is 1. The summed E-state index contributed by atoms with van der Waals surface area (Å²) in [5.41, 5.74) is 0.879. The molecule has 0 aliphatic heterocycles. The van der Waals surface area contributed by atoms with Gasteiger partial charge in [-0.15, -0.1) is 12.6 Å². The van der Waals surface area contributed by atoms with Crippen LogP contribution in [0.4, 0.5) is 0 Å². The zero-order valence-electron chi connectivity index (χ0n) is 13.1. The normalized spacial score (nSPS) is 12.8. The average molecular weight is 325 g/mol. The topological polar surface area (TPSA) is 49.3 Å². The van der Waals surface area contributed by atoms with Crippen LogP contribution in [0.1, 0.15) is 24.2 Å². The molecular weight excluding hydrogens is 306 g/mol. The van der Waals surface area contributed by atoms with Crippen molar-refractivity contribution in [3.05, 3.63) is 76.9 Å². The summed E-state index contributed by atoms with van der Waals surface area (Å²) in [6.45, 7) is 3.71. The van der Waals surface area contributed by atoms with Gasteiger partial charge < -0.3 is 10.4 Å². The number of hydrogen-bond donors (Lipinski definition) is 3. The van der Waals surface area contributed by atoms with Crippen LogP contribution in [0, 0.1) is 0 Å². The summed E-state index contributed by atoms with van der Waals surface area (Å²) in [5.74, 6) is -0.365. The maximum atomic E-state index is 12.4. The fraction of sp³-hybridized carbons (Fsp3) is 0.105. The first-order valence-electron chi connectivity index (χ1n) is 7.28. The highest BCUT2D eigenvalue weighted by molar-refractivity contribution is 7.84. The molecule has 2 rings (SSSR count). The maximum absolute atomic E-state index is 12.4. The van der Waals surface area contributed by atoms with Gasteiger partial charge in [-0.1, -0.05) is 42.5 Å². The van der Waals surface area contributed by atoms with Gasteiger partial charge in [0.1, 0.15) is 5.75 Å². The quantitative estimate of drug-likeness (QED) is 0.570. The number of allylic oxidation sites excluding steroid dienone is 4. The smallest absolute Gasteiger partial charge is 0.259 e. The van der Waals surface area contributed by atoms with Crippen molar-refractivity contribution >= 4 is 29.3 Å². The van der Waals surface area contributed by atoms with E-state index in [0.717, 1.165) is 10.3 Å². The standard InChI is InChI=1S/C19H19NO2S/c1-3-14(10-11-15(23)4-2)20-19(22)17-12-9-13-7-5-6-8-16(13)18(17)21/h3-12,21,23H,1-2H3,(H,20,22)/b11-10-,14-3+,15-4+. The van der Waals surface area contributed by atoms with Gasteiger partial charge in [0.05, 0.1) is 5.56 Å². The van der Waals surface area contributed by atoms with Crippen molar-refractivity contribution < 1.29 is 9.90 Å². The number of carbonyl (C=O) groups excluding carboxylic acids is 1. The first-order chi connectivity index (χ1) is 11.1. The number of benzene rings is 2. The molecule has 4 heteroatoms. The average Bonchev–Trinajstić information content (AvgIpc) is 2.58. The summed E-state index contributed by atoms with van der Waals surface area (Å²) in [6, 6.07) is 10.8. The number of nitrogens with one attached hydrogen (secondary N) is 1. The van der Waals surface area contributed by atoms with Crippen molar-refractivity contribution in [2.75, 3.05) is 0 Å². The van der Waals surface area contributed by atoms with E-state index in [1.54, 1.807) is 30.4 Å². The number of fused-ring (bicyclic) bond motifs is 1. The van der Waals surface area contributed by atoms with E-state index < -0.39 is 0 Å². The monoisotopic (exact) mass is 325 g/mol. The van der Waals surface area contributed by atoms with Gasteiger partial charge in [0.2, 0.25) is 0 Å². The van der Waals surface area contributed by atoms with Crippen molar-refractivity contribution in [2.24, 2.45) is 0 Å². The van der Waals surface area contributed by atoms with Crippen molar-refractivity contribution in [1.82, 2.24) is 5.32 Å². The Morgan fingerprint density at radius 3 is 2.52 bits per heavy atom. The van der Waals surface area contributed by atoms with E-state index in [4.69, 9.17) is 0 Å². The Morgan fingerprint density at radius 2 is 1.83 bits per heavy atom. The van der Waals surface area contributed by atoms with Crippen LogP contribution in [0.15, 0.2) is 71.3 Å². The highest BCUT2D eigenvalue weighted by atomic mass is 32.1. The van der Waals surface area contributed by atoms with Crippen molar-refractivity contribution in [1.29, 1.82) is 0 Å². The van der Waals surface area contributed by atoms with Crippen LogP contribution in [-0.2, 0) is 0 Å². The molecular formula is C19H19NO2S. The van der Waals surface area contributed by atoms with Gasteiger partial charge in [0.25, 0.3) is 5.91 Å². The third kappa shape index (κ3) is 4.05. The van der Waals surface area contributed by atoms with Crippen molar-refractivity contribution in [2.45, 2.75) is 13.8 Å². The minimum Gasteiger partial charge on any atom is -0.506 e. The second kappa shape index (κ2) is 7.70. The second-order valence-electron chi connectivity index (χ2n) is 4.93. The van der Waals surface area contributed by atoms with E-state index in [0.29, 0.717) is 11.1 Å². The van der Waals surface area contributed by atoms with E-state index in [1.807, 2.05) is 44.2 Å². The molecule has 118 valence electrons. The highest BCUT2D eigenvalue weighted by Crippen LogP contribution is 2.28. The molecule has 2 N–H and O–H groups in total. The molecule has 3 nitrogen and oxygen atoms in total. The molecule has 0 fully saturated rings. The minimum atomic E-state index is -0.354. The number of phenolic OH excluding ortho intramolecular Hbond substituents is 1. The number of phenols is 1. The van der Waals surface area contributed by atoms with E-state index in [-0.39, 0.29) is 17.2 Å². The molecule has 0 radical (unpaired) electrons. The van der Waals surface area contributed by atoms with Crippen LogP contribution in [0.25, 0.3) is 10.8 Å². The number of amides is 1. The fourth-order valence-corrected chi connectivity index (χ4v) is 2.19. The molecule has 0 saturated heterocycles. The van der Waals surface area contributed by atoms with Crippen molar-refractivity contribution in [3.63, 3.8) is 0 Å². The summed E-state index contributed by atoms with van der Waals surface area (Å²) in [6.07, 6.45) is 7.18. The molecule has 0 aliphatic rings. The lowest BCUT2D eigenvalue weighted by molar-refractivity contribution is 0.0964. The Bertz CT molecular complexity index is 819. The zero-order valence-corrected chi connectivity index (χ0v) is 14.0. The number of rotatable bonds is 4. The minimum absolute atomic E-state index is 0.0108. The lowest BCUT2D eigenvalue weighted by atomic mass is 10.0. The summed E-state index contributed by atoms with van der Waals surface area (Å²) in [5, 5.41) is 14.7. The number of hydrogen-bond acceptors (Lipinski definition) is 3. The van der Waals surface area contributed by atoms with Crippen LogP contribution in [-0.4, -0.2) is 11.0 Å². The molecule has 0 heterocycles. The van der Waals surface area contributed by atoms with Gasteiger partial charge >= 0.3 is 0 Å². The molecule has 0 aromatic heterocycles. The Kier molecular flexibility index (Phi) is 5.66. The van der Waals surface area contributed by atoms with Crippen LogP contribution in [0.2, 0.25) is 0 Å². The highest BCUT2D eigenvalue weighted by Gasteiger charge is 2.13. The zero-order chi connectivity index (χ0) is 16.8. The number of thiol groups is 1. The Balaban J connectivity index is 2.27. The molecule has 0 spiro atoms. The van der Waals surface area contributed by atoms with E-state index in [9.17, 15) is 9.90 Å². The third-order valence-electron chi connectivity index (χ3n) is 3.44. The van der Waals surface area contributed by atoms with Crippen LogP contribution < -0.4 is 5.32 Å². The summed E-state index contributed by atoms with van der Waals surface area (Å²) < 4.78 is 0. The lowest BCUT2D eigenvalue weighted by Gasteiger charge is -2.09. The second-order valence-corrected chi connectivity index (χ2v) is 5.44. The van der Waals surface area contributed by atoms with E-state index >= 15 is 0 Å². The summed E-state index contributed by atoms with van der Waals surface area (Å²) >= 11 is 4.26.